The molecule has 46 heavy (non-hydrogen) atoms. The van der Waals surface area contributed by atoms with Crippen LogP contribution in [0.25, 0.3) is 11.4 Å². The van der Waals surface area contributed by atoms with Crippen LogP contribution in [0, 0.1) is 17.2 Å². The number of carbonyl (C=O) groups is 1. The topological polar surface area (TPSA) is 120 Å². The Kier molecular flexibility index (Phi) is 8.94. The van der Waals surface area contributed by atoms with Crippen LogP contribution >= 0.6 is 0 Å². The second-order valence-electron chi connectivity index (χ2n) is 12.6. The van der Waals surface area contributed by atoms with Gasteiger partial charge in [-0.1, -0.05) is 12.8 Å². The SMILES string of the molecule is N#Cc1cc(-c2ncnc(Nc3ccc(N4CCN(C5COC5)CC4)cc3)n2)ccc1O[C@H]1CCN(C(=O)C2CCCC2)C[C@H]1F. The number of nitriles is 1. The first-order valence-electron chi connectivity index (χ1n) is 16.3. The van der Waals surface area contributed by atoms with E-state index >= 15 is 4.39 Å². The van der Waals surface area contributed by atoms with Gasteiger partial charge in [0.2, 0.25) is 11.9 Å². The van der Waals surface area contributed by atoms with Gasteiger partial charge in [0.1, 0.15) is 24.3 Å². The second kappa shape index (κ2) is 13.6. The Balaban J connectivity index is 0.960. The molecule has 7 rings (SSSR count). The highest BCUT2D eigenvalue weighted by molar-refractivity contribution is 5.79. The summed E-state index contributed by atoms with van der Waals surface area (Å²) < 4.78 is 26.5. The zero-order valence-corrected chi connectivity index (χ0v) is 25.9. The number of alkyl halides is 1. The zero-order valence-electron chi connectivity index (χ0n) is 25.9. The standard InChI is InChI=1S/C34H39FN8O3/c35-29-19-43(33(44)23-3-1-2-4-23)12-11-31(29)46-30-10-5-24(17-25(30)18-36)32-37-22-38-34(40-32)39-26-6-8-27(9-7-26)41-13-15-42(16-14-41)28-20-45-21-28/h5-10,17,22-23,28-29,31H,1-4,11-16,19-21H2,(H,37,38,39,40)/t29-,31+/m1/s1. The average Bonchev–Trinajstić information content (AvgIpc) is 3.61. The summed E-state index contributed by atoms with van der Waals surface area (Å²) in [5.74, 6) is 1.17. The fourth-order valence-corrected chi connectivity index (χ4v) is 6.83. The van der Waals surface area contributed by atoms with Crippen LogP contribution in [0.1, 0.15) is 37.7 Å². The number of hydrogen-bond acceptors (Lipinski definition) is 10. The highest BCUT2D eigenvalue weighted by Crippen LogP contribution is 2.31. The lowest BCUT2D eigenvalue weighted by Crippen LogP contribution is -2.56. The average molecular weight is 627 g/mol. The van der Waals surface area contributed by atoms with Gasteiger partial charge < -0.3 is 24.6 Å². The highest BCUT2D eigenvalue weighted by Gasteiger charge is 2.36. The summed E-state index contributed by atoms with van der Waals surface area (Å²) >= 11 is 0. The first-order valence-corrected chi connectivity index (χ1v) is 16.3. The van der Waals surface area contributed by atoms with Crippen molar-refractivity contribution in [2.75, 3.05) is 62.7 Å². The van der Waals surface area contributed by atoms with Crippen LogP contribution in [-0.2, 0) is 9.53 Å². The molecule has 1 N–H and O–H groups in total. The lowest BCUT2D eigenvalue weighted by Gasteiger charge is -2.43. The lowest BCUT2D eigenvalue weighted by atomic mass is 10.0. The van der Waals surface area contributed by atoms with Crippen molar-refractivity contribution in [3.63, 3.8) is 0 Å². The summed E-state index contributed by atoms with van der Waals surface area (Å²) in [6, 6.07) is 16.0. The molecule has 3 aliphatic heterocycles. The van der Waals surface area contributed by atoms with Crippen LogP contribution in [0.5, 0.6) is 5.75 Å². The maximum atomic E-state index is 15.2. The molecule has 2 atom stereocenters. The summed E-state index contributed by atoms with van der Waals surface area (Å²) in [4.78, 5) is 32.5. The molecular formula is C34H39FN8O3. The molecule has 4 heterocycles. The maximum absolute atomic E-state index is 15.2. The monoisotopic (exact) mass is 626 g/mol. The van der Waals surface area contributed by atoms with Gasteiger partial charge in [-0.05, 0) is 55.3 Å². The first kappa shape index (κ1) is 30.3. The van der Waals surface area contributed by atoms with Gasteiger partial charge in [0.05, 0.1) is 31.4 Å². The fourth-order valence-electron chi connectivity index (χ4n) is 6.83. The van der Waals surface area contributed by atoms with Crippen molar-refractivity contribution in [3.05, 3.63) is 54.4 Å². The number of benzene rings is 2. The summed E-state index contributed by atoms with van der Waals surface area (Å²) in [5, 5.41) is 13.1. The van der Waals surface area contributed by atoms with E-state index in [9.17, 15) is 10.1 Å². The van der Waals surface area contributed by atoms with E-state index in [1.807, 2.05) is 12.1 Å². The molecule has 3 aromatic rings. The molecule has 1 saturated carbocycles. The largest absolute Gasteiger partial charge is 0.486 e. The van der Waals surface area contributed by atoms with Crippen molar-refractivity contribution in [1.82, 2.24) is 24.8 Å². The van der Waals surface area contributed by atoms with Gasteiger partial charge in [0.15, 0.2) is 12.0 Å². The molecule has 0 spiro atoms. The Morgan fingerprint density at radius 2 is 1.78 bits per heavy atom. The predicted molar refractivity (Wildman–Crippen MR) is 171 cm³/mol. The van der Waals surface area contributed by atoms with E-state index in [4.69, 9.17) is 9.47 Å². The third-order valence-electron chi connectivity index (χ3n) is 9.65. The number of piperazine rings is 1. The Hall–Kier alpha value is -4.34. The van der Waals surface area contributed by atoms with Crippen LogP contribution in [0.15, 0.2) is 48.8 Å². The number of aromatic nitrogens is 3. The number of likely N-dealkylation sites (tertiary alicyclic amines) is 1. The minimum absolute atomic E-state index is 0.0247. The van der Waals surface area contributed by atoms with Gasteiger partial charge in [-0.15, -0.1) is 0 Å². The maximum Gasteiger partial charge on any atom is 0.230 e. The van der Waals surface area contributed by atoms with E-state index in [-0.39, 0.29) is 23.9 Å². The minimum Gasteiger partial charge on any atom is -0.486 e. The molecule has 1 amide bonds. The van der Waals surface area contributed by atoms with Crippen molar-refractivity contribution in [2.45, 2.75) is 50.4 Å². The number of amides is 1. The number of rotatable bonds is 8. The van der Waals surface area contributed by atoms with Gasteiger partial charge >= 0.3 is 0 Å². The lowest BCUT2D eigenvalue weighted by molar-refractivity contribution is -0.139. The number of ether oxygens (including phenoxy) is 2. The third-order valence-corrected chi connectivity index (χ3v) is 9.65. The van der Waals surface area contributed by atoms with Crippen LogP contribution in [0.3, 0.4) is 0 Å². The fraction of sp³-hybridized carbons (Fsp3) is 0.500. The number of halogens is 1. The van der Waals surface area contributed by atoms with Gasteiger partial charge in [0.25, 0.3) is 0 Å². The van der Waals surface area contributed by atoms with Gasteiger partial charge in [-0.2, -0.15) is 10.2 Å². The quantitative estimate of drug-likeness (QED) is 0.390. The molecule has 1 aliphatic carbocycles. The number of anilines is 3. The van der Waals surface area contributed by atoms with Crippen LogP contribution in [0.4, 0.5) is 21.7 Å². The molecule has 11 nitrogen and oxygen atoms in total. The normalized spacial score (nSPS) is 22.7. The Morgan fingerprint density at radius 1 is 1.00 bits per heavy atom. The van der Waals surface area contributed by atoms with E-state index in [0.29, 0.717) is 42.1 Å². The van der Waals surface area contributed by atoms with Gasteiger partial charge in [-0.25, -0.2) is 14.4 Å². The predicted octanol–water partition coefficient (Wildman–Crippen LogP) is 4.18. The molecule has 1 aromatic heterocycles. The summed E-state index contributed by atoms with van der Waals surface area (Å²) in [7, 11) is 0. The summed E-state index contributed by atoms with van der Waals surface area (Å²) in [5.41, 5.74) is 2.91. The molecule has 4 fully saturated rings. The summed E-state index contributed by atoms with van der Waals surface area (Å²) in [6.07, 6.45) is 3.67. The number of nitrogens with zero attached hydrogens (tertiary/aromatic N) is 7. The van der Waals surface area contributed by atoms with Crippen molar-refractivity contribution in [2.24, 2.45) is 5.92 Å². The second-order valence-corrected chi connectivity index (χ2v) is 12.6. The molecule has 0 unspecified atom stereocenters. The van der Waals surface area contributed by atoms with Crippen molar-refractivity contribution >= 4 is 23.2 Å². The van der Waals surface area contributed by atoms with Crippen LogP contribution in [0.2, 0.25) is 0 Å². The van der Waals surface area contributed by atoms with Gasteiger partial charge in [-0.3, -0.25) is 9.69 Å². The number of carbonyl (C=O) groups excluding carboxylic acids is 1. The van der Waals surface area contributed by atoms with Gasteiger partial charge in [0, 0.05) is 62.0 Å². The van der Waals surface area contributed by atoms with E-state index in [1.54, 1.807) is 23.1 Å². The van der Waals surface area contributed by atoms with E-state index < -0.39 is 12.3 Å². The summed E-state index contributed by atoms with van der Waals surface area (Å²) in [6.45, 7) is 6.25. The molecule has 2 aromatic carbocycles. The van der Waals surface area contributed by atoms with Crippen molar-refractivity contribution in [3.8, 4) is 23.2 Å². The van der Waals surface area contributed by atoms with E-state index in [2.05, 4.69) is 48.3 Å². The van der Waals surface area contributed by atoms with Crippen LogP contribution in [-0.4, -0.2) is 101 Å². The van der Waals surface area contributed by atoms with E-state index in [0.717, 1.165) is 70.8 Å². The van der Waals surface area contributed by atoms with Crippen molar-refractivity contribution in [1.29, 1.82) is 5.26 Å². The molecule has 4 aliphatic rings. The third kappa shape index (κ3) is 6.62. The number of hydrogen-bond donors (Lipinski definition) is 1. The Bertz CT molecular complexity index is 1570. The number of nitrogens with one attached hydrogen (secondary N) is 1. The zero-order chi connectivity index (χ0) is 31.5. The molecule has 3 saturated heterocycles. The Labute approximate surface area is 268 Å². The van der Waals surface area contributed by atoms with Crippen molar-refractivity contribution < 1.29 is 18.7 Å². The first-order chi connectivity index (χ1) is 22.5. The number of piperidine rings is 1. The van der Waals surface area contributed by atoms with E-state index in [1.165, 1.54) is 12.0 Å². The molecule has 240 valence electrons. The smallest absolute Gasteiger partial charge is 0.230 e. The molecule has 12 heteroatoms. The van der Waals surface area contributed by atoms with Crippen LogP contribution < -0.4 is 15.0 Å². The Morgan fingerprint density at radius 3 is 2.48 bits per heavy atom. The molecular weight excluding hydrogens is 587 g/mol. The molecule has 0 radical (unpaired) electrons. The molecule has 0 bridgehead atoms. The highest BCUT2D eigenvalue weighted by atomic mass is 19.1. The minimum atomic E-state index is -1.32.